The maximum Gasteiger partial charge on any atom is 0.330 e. The number of aliphatic hydroxyl groups is 2. The Morgan fingerprint density at radius 3 is 1.41 bits per heavy atom. The van der Waals surface area contributed by atoms with Gasteiger partial charge in [0, 0.05) is 28.4 Å². The number of ether oxygens (including phenoxy) is 5. The van der Waals surface area contributed by atoms with E-state index in [0.29, 0.717) is 0 Å². The number of methoxy groups -OCH3 is 2. The van der Waals surface area contributed by atoms with Crippen LogP contribution >= 0.6 is 21.0 Å². The van der Waals surface area contributed by atoms with E-state index in [9.17, 15) is 24.6 Å². The molecule has 3 saturated heterocycles. The monoisotopic (exact) mass is 1090 g/mol. The van der Waals surface area contributed by atoms with Crippen molar-refractivity contribution >= 4 is 95.6 Å². The van der Waals surface area contributed by atoms with Crippen LogP contribution in [0.2, 0.25) is 0 Å². The summed E-state index contributed by atoms with van der Waals surface area (Å²) in [5.41, 5.74) is 19.5. The predicted molar refractivity (Wildman–Crippen MR) is 250 cm³/mol. The fraction of sp³-hybridized carbons (Fsp3) is 0.571. The highest BCUT2D eigenvalue weighted by Crippen LogP contribution is 2.55. The summed E-state index contributed by atoms with van der Waals surface area (Å²) in [6.07, 6.45) is -6.95. The molecule has 0 saturated carbocycles. The molecule has 0 radical (unpaired) electrons. The average molecular weight is 1090 g/mol. The Kier molecular flexibility index (Phi) is 15.1. The first-order valence-electron chi connectivity index (χ1n) is 21.1. The third-order valence-corrected chi connectivity index (χ3v) is 17.0. The van der Waals surface area contributed by atoms with Crippen LogP contribution in [0.1, 0.15) is 25.1 Å². The van der Waals surface area contributed by atoms with E-state index in [1.807, 2.05) is 0 Å². The number of nitrogens with two attached hydrogens (primary N) is 3. The minimum Gasteiger partial charge on any atom is -0.387 e. The first-order chi connectivity index (χ1) is 33.9. The maximum absolute atomic E-state index is 13.1. The van der Waals surface area contributed by atoms with Crippen molar-refractivity contribution in [1.82, 2.24) is 58.6 Å². The summed E-state index contributed by atoms with van der Waals surface area (Å²) in [7, 11) is 1.71. The van der Waals surface area contributed by atoms with Crippen molar-refractivity contribution in [1.29, 1.82) is 0 Å². The van der Waals surface area contributed by atoms with Gasteiger partial charge < -0.3 is 79.0 Å². The zero-order valence-corrected chi connectivity index (χ0v) is 42.0. The second-order valence-corrected chi connectivity index (χ2v) is 24.0. The van der Waals surface area contributed by atoms with Crippen molar-refractivity contribution < 1.29 is 75.4 Å². The Balaban J connectivity index is 0.941. The molecule has 9 rings (SSSR count). The third kappa shape index (κ3) is 10.2. The van der Waals surface area contributed by atoms with Crippen LogP contribution in [0.3, 0.4) is 0 Å². The van der Waals surface area contributed by atoms with Crippen LogP contribution in [0.25, 0.3) is 33.5 Å². The van der Waals surface area contributed by atoms with Gasteiger partial charge in [-0.1, -0.05) is 0 Å². The molecule has 0 aliphatic carbocycles. The molecule has 31 nitrogen and oxygen atoms in total. The lowest BCUT2D eigenvalue weighted by Gasteiger charge is -2.29. The summed E-state index contributed by atoms with van der Waals surface area (Å²) < 4.78 is 82.4. The number of hydrogen-bond donors (Lipinski definition) is 7. The quantitative estimate of drug-likeness (QED) is 0.0487. The Bertz CT molecular complexity index is 3030. The van der Waals surface area contributed by atoms with Gasteiger partial charge in [-0.3, -0.25) is 27.3 Å². The summed E-state index contributed by atoms with van der Waals surface area (Å²) in [6.45, 7) is -9.83. The van der Waals surface area contributed by atoms with Gasteiger partial charge in [-0.2, -0.15) is 0 Å². The molecule has 386 valence electrons. The lowest BCUT2D eigenvalue weighted by Crippen LogP contribution is -2.38. The average Bonchev–Trinajstić information content (AvgIpc) is 4.22. The van der Waals surface area contributed by atoms with Crippen molar-refractivity contribution in [3.8, 4) is 0 Å². The van der Waals surface area contributed by atoms with Gasteiger partial charge in [-0.05, 0) is 30.0 Å². The predicted octanol–water partition coefficient (Wildman–Crippen LogP) is -0.190. The SMILES string of the molecule is CO[C@H]1[C@@H](O[P@@](O)(=S)OC[C@H]2O[C@@H](n3cnc4c(N)ncnc43)[C@H](O)[C@@H]2O)[C@H](n2cnc3c(N)ncnc32)O[C@@H]1CO[P@@](O)(=S)O[C@@H]1[C@H](OC)[C@@H](CCP(=O)(OC)OC)O[C@H]1n1cnc2c(N)ncnc21. The van der Waals surface area contributed by atoms with Gasteiger partial charge in [0.25, 0.3) is 0 Å². The Labute approximate surface area is 411 Å². The van der Waals surface area contributed by atoms with Crippen molar-refractivity contribution in [2.75, 3.05) is 65.0 Å². The van der Waals surface area contributed by atoms with Crippen molar-refractivity contribution in [3.63, 3.8) is 0 Å². The summed E-state index contributed by atoms with van der Waals surface area (Å²) >= 11 is 11.1. The van der Waals surface area contributed by atoms with Gasteiger partial charge in [0.2, 0.25) is 0 Å². The topological polar surface area (TPSA) is 408 Å². The summed E-state index contributed by atoms with van der Waals surface area (Å²) in [5, 5.41) is 22.0. The van der Waals surface area contributed by atoms with E-state index in [-0.39, 0.29) is 63.5 Å². The highest BCUT2D eigenvalue weighted by atomic mass is 32.5. The van der Waals surface area contributed by atoms with E-state index in [0.717, 1.165) is 0 Å². The summed E-state index contributed by atoms with van der Waals surface area (Å²) in [5.74, 6) is 0.230. The number of hydrogen-bond acceptors (Lipinski definition) is 28. The minimum atomic E-state index is -4.37. The number of aromatic nitrogens is 12. The molecule has 0 spiro atoms. The molecule has 10 N–H and O–H groups in total. The lowest BCUT2D eigenvalue weighted by molar-refractivity contribution is -0.0591. The number of nitrogen functional groups attached to an aromatic ring is 3. The van der Waals surface area contributed by atoms with Crippen molar-refractivity contribution in [2.24, 2.45) is 0 Å². The molecular weight excluding hydrogens is 1040 g/mol. The van der Waals surface area contributed by atoms with Gasteiger partial charge >= 0.3 is 21.0 Å². The van der Waals surface area contributed by atoms with E-state index < -0.39 is 108 Å². The molecule has 71 heavy (non-hydrogen) atoms. The Morgan fingerprint density at radius 2 is 0.972 bits per heavy atom. The third-order valence-electron chi connectivity index (χ3n) is 12.0. The van der Waals surface area contributed by atoms with E-state index in [4.69, 9.17) is 91.6 Å². The van der Waals surface area contributed by atoms with E-state index in [1.54, 1.807) is 0 Å². The molecule has 9 heterocycles. The molecule has 6 aromatic rings. The molecule has 3 aliphatic heterocycles. The second-order valence-electron chi connectivity index (χ2n) is 16.0. The van der Waals surface area contributed by atoms with Crippen LogP contribution in [-0.4, -0.2) is 181 Å². The molecule has 36 heteroatoms. The largest absolute Gasteiger partial charge is 0.387 e. The van der Waals surface area contributed by atoms with Crippen molar-refractivity contribution in [2.45, 2.75) is 80.0 Å². The zero-order valence-electron chi connectivity index (χ0n) is 37.7. The molecule has 0 aromatic carbocycles. The first kappa shape index (κ1) is 51.9. The fourth-order valence-corrected chi connectivity index (χ4v) is 12.4. The van der Waals surface area contributed by atoms with Crippen LogP contribution in [0.4, 0.5) is 17.5 Å². The normalized spacial score (nSPS) is 29.9. The van der Waals surface area contributed by atoms with Crippen LogP contribution < -0.4 is 17.2 Å². The number of aliphatic hydroxyl groups excluding tert-OH is 2. The first-order valence-corrected chi connectivity index (χ1v) is 28.0. The maximum atomic E-state index is 13.1. The molecule has 0 amide bonds. The van der Waals surface area contributed by atoms with Gasteiger partial charge in [0.15, 0.2) is 53.1 Å². The van der Waals surface area contributed by atoms with E-state index in [2.05, 4.69) is 44.9 Å². The van der Waals surface area contributed by atoms with Crippen molar-refractivity contribution in [3.05, 3.63) is 38.0 Å². The number of fused-ring (bicyclic) bond motifs is 3. The molecule has 6 aromatic heterocycles. The number of nitrogens with zero attached hydrogens (tertiary/aromatic N) is 12. The Morgan fingerprint density at radius 1 is 0.577 bits per heavy atom. The van der Waals surface area contributed by atoms with Gasteiger partial charge in [0.05, 0.1) is 44.5 Å². The highest BCUT2D eigenvalue weighted by Gasteiger charge is 2.53. The number of rotatable bonds is 20. The summed E-state index contributed by atoms with van der Waals surface area (Å²) in [6, 6.07) is 0. The molecule has 3 fully saturated rings. The number of anilines is 3. The second kappa shape index (κ2) is 20.7. The molecule has 0 bridgehead atoms. The lowest BCUT2D eigenvalue weighted by atomic mass is 10.1. The van der Waals surface area contributed by atoms with Crippen LogP contribution in [0.5, 0.6) is 0 Å². The molecular formula is C35H48N15O16P3S2. The standard InChI is InChI=1S/C35H48N15O16P3S2/c1-56-23-15(5-6-67(53,58-3)59-4)62-34(49-13-46-19-28(37)40-10-43-31(19)49)25(23)65-69(55,71)61-8-17-24(57-2)26(35(64-17)50-14-47-20-29(38)41-11-44-32(20)50)66-68(54,70)60-7-16-21(51)22(52)33(63-16)48-12-45-18-27(36)39-9-42-30(18)48/h9-17,21-26,33-35,51-52H,5-8H2,1-4H3,(H,54,70)(H,55,71)(H2,36,39,42)(H2,37,40,43)(H2,38,41,44)/t15-,16-,17-,21-,22-,23-,24-,25-,26-,33-,34-,35-,68+,69-/m1/s1. The number of imidazole rings is 3. The molecule has 14 atom stereocenters. The van der Waals surface area contributed by atoms with Gasteiger partial charge in [-0.25, -0.2) is 44.9 Å². The van der Waals surface area contributed by atoms with Crippen LogP contribution in [0, 0.1) is 0 Å². The molecule has 0 unspecified atom stereocenters. The van der Waals surface area contributed by atoms with E-state index in [1.165, 1.54) is 80.1 Å². The molecule has 3 aliphatic rings. The summed E-state index contributed by atoms with van der Waals surface area (Å²) in [4.78, 5) is 61.1. The van der Waals surface area contributed by atoms with Gasteiger partial charge in [0.1, 0.15) is 84.4 Å². The fourth-order valence-electron chi connectivity index (χ4n) is 8.54. The van der Waals surface area contributed by atoms with Crippen LogP contribution in [-0.2, 0) is 79.0 Å². The minimum absolute atomic E-state index is 0.0492. The van der Waals surface area contributed by atoms with Crippen LogP contribution in [0.15, 0.2) is 38.0 Å². The van der Waals surface area contributed by atoms with E-state index >= 15 is 0 Å². The Hall–Kier alpha value is -4.02. The smallest absolute Gasteiger partial charge is 0.330 e. The zero-order chi connectivity index (χ0) is 50.6. The van der Waals surface area contributed by atoms with Gasteiger partial charge in [-0.15, -0.1) is 0 Å². The highest BCUT2D eigenvalue weighted by molar-refractivity contribution is 8.07.